The number of hydrogen-bond acceptors (Lipinski definition) is 1. The third kappa shape index (κ3) is 11.0. The predicted octanol–water partition coefficient (Wildman–Crippen LogP) is 1.33. The molecular formula is C16H36INO. The van der Waals surface area contributed by atoms with E-state index in [4.69, 9.17) is 0 Å². The first-order valence-corrected chi connectivity index (χ1v) is 8.20. The maximum atomic E-state index is 9.83. The van der Waals surface area contributed by atoms with Crippen LogP contribution in [-0.2, 0) is 0 Å². The molecule has 1 unspecified atom stereocenters. The highest BCUT2D eigenvalue weighted by molar-refractivity contribution is 4.47. The lowest BCUT2D eigenvalue weighted by atomic mass is 10.1. The smallest absolute Gasteiger partial charge is 0.180 e. The Labute approximate surface area is 138 Å². The van der Waals surface area contributed by atoms with Crippen molar-refractivity contribution in [3.63, 3.8) is 0 Å². The Morgan fingerprint density at radius 2 is 1.05 bits per heavy atom. The van der Waals surface area contributed by atoms with Gasteiger partial charge in [-0.25, -0.2) is 0 Å². The SMILES string of the molecule is CCCCCC[N+](CO)(CCCC)CCCCC.[I-]. The lowest BCUT2D eigenvalue weighted by Gasteiger charge is -2.37. The molecule has 0 saturated heterocycles. The van der Waals surface area contributed by atoms with Gasteiger partial charge in [-0.05, 0) is 32.1 Å². The molecule has 0 aromatic rings. The van der Waals surface area contributed by atoms with Gasteiger partial charge in [0.2, 0.25) is 0 Å². The molecule has 0 bridgehead atoms. The van der Waals surface area contributed by atoms with Gasteiger partial charge < -0.3 is 33.6 Å². The van der Waals surface area contributed by atoms with Crippen molar-refractivity contribution in [2.24, 2.45) is 0 Å². The van der Waals surface area contributed by atoms with E-state index >= 15 is 0 Å². The summed E-state index contributed by atoms with van der Waals surface area (Å²) in [6.07, 6.45) is 11.6. The van der Waals surface area contributed by atoms with Crippen LogP contribution in [0.4, 0.5) is 0 Å². The van der Waals surface area contributed by atoms with Crippen LogP contribution in [0, 0.1) is 0 Å². The summed E-state index contributed by atoms with van der Waals surface area (Å²) in [5.41, 5.74) is 0. The van der Waals surface area contributed by atoms with Crippen molar-refractivity contribution in [3.8, 4) is 0 Å². The average Bonchev–Trinajstić information content (AvgIpc) is 2.40. The number of hydrogen-bond donors (Lipinski definition) is 1. The molecule has 0 amide bonds. The van der Waals surface area contributed by atoms with Crippen LogP contribution < -0.4 is 24.0 Å². The molecule has 0 radical (unpaired) electrons. The van der Waals surface area contributed by atoms with Crippen LogP contribution in [0.2, 0.25) is 0 Å². The zero-order valence-electron chi connectivity index (χ0n) is 13.5. The quantitative estimate of drug-likeness (QED) is 0.220. The lowest BCUT2D eigenvalue weighted by Crippen LogP contribution is -3.00. The standard InChI is InChI=1S/C16H36NO.HI/c1-4-7-10-12-15-17(16-18,13-9-6-3)14-11-8-5-2;/h18H,4-16H2,1-3H3;1H/q+1;/p-1. The third-order valence-electron chi connectivity index (χ3n) is 4.01. The summed E-state index contributed by atoms with van der Waals surface area (Å²) in [5.74, 6) is 0. The topological polar surface area (TPSA) is 20.2 Å². The van der Waals surface area contributed by atoms with E-state index in [1.54, 1.807) is 0 Å². The largest absolute Gasteiger partial charge is 1.00 e. The van der Waals surface area contributed by atoms with Gasteiger partial charge in [-0.3, -0.25) is 0 Å². The molecule has 0 aliphatic rings. The second-order valence-electron chi connectivity index (χ2n) is 5.78. The Bertz CT molecular complexity index is 178. The molecule has 1 N–H and O–H groups in total. The highest BCUT2D eigenvalue weighted by Crippen LogP contribution is 2.15. The summed E-state index contributed by atoms with van der Waals surface area (Å²) in [5, 5.41) is 9.83. The van der Waals surface area contributed by atoms with Crippen molar-refractivity contribution in [2.75, 3.05) is 26.4 Å². The molecule has 3 heteroatoms. The van der Waals surface area contributed by atoms with Crippen LogP contribution in [0.15, 0.2) is 0 Å². The van der Waals surface area contributed by atoms with Crippen LogP contribution >= 0.6 is 0 Å². The first-order chi connectivity index (χ1) is 8.74. The van der Waals surface area contributed by atoms with E-state index in [1.165, 1.54) is 77.4 Å². The van der Waals surface area contributed by atoms with Gasteiger partial charge in [0, 0.05) is 0 Å². The van der Waals surface area contributed by atoms with E-state index in [0.29, 0.717) is 6.73 Å². The summed E-state index contributed by atoms with van der Waals surface area (Å²) < 4.78 is 0.956. The number of rotatable bonds is 13. The summed E-state index contributed by atoms with van der Waals surface area (Å²) in [6.45, 7) is 10.6. The van der Waals surface area contributed by atoms with E-state index < -0.39 is 0 Å². The Kier molecular flexibility index (Phi) is 17.4. The van der Waals surface area contributed by atoms with Crippen molar-refractivity contribution >= 4 is 0 Å². The van der Waals surface area contributed by atoms with E-state index in [1.807, 2.05) is 0 Å². The normalized spacial score (nSPS) is 13.9. The molecule has 0 rings (SSSR count). The van der Waals surface area contributed by atoms with Crippen LogP contribution in [0.3, 0.4) is 0 Å². The highest BCUT2D eigenvalue weighted by Gasteiger charge is 2.24. The minimum Gasteiger partial charge on any atom is -1.00 e. The van der Waals surface area contributed by atoms with Crippen LogP contribution in [0.1, 0.15) is 78.6 Å². The van der Waals surface area contributed by atoms with E-state index in [0.717, 1.165) is 4.48 Å². The Balaban J connectivity index is 0. The molecule has 118 valence electrons. The third-order valence-corrected chi connectivity index (χ3v) is 4.01. The number of halogens is 1. The second-order valence-corrected chi connectivity index (χ2v) is 5.78. The Morgan fingerprint density at radius 3 is 1.53 bits per heavy atom. The number of aliphatic hydroxyl groups is 1. The Hall–Kier alpha value is 0.650. The molecule has 0 aliphatic carbocycles. The average molecular weight is 385 g/mol. The molecule has 0 aliphatic heterocycles. The number of nitrogens with zero attached hydrogens (tertiary/aromatic N) is 1. The van der Waals surface area contributed by atoms with Gasteiger partial charge in [-0.1, -0.05) is 46.5 Å². The second kappa shape index (κ2) is 15.0. The zero-order chi connectivity index (χ0) is 13.7. The zero-order valence-corrected chi connectivity index (χ0v) is 15.6. The number of aliphatic hydroxyl groups excluding tert-OH is 1. The molecule has 0 fully saturated rings. The predicted molar refractivity (Wildman–Crippen MR) is 80.5 cm³/mol. The molecule has 0 saturated carbocycles. The van der Waals surface area contributed by atoms with Gasteiger partial charge in [0.15, 0.2) is 6.73 Å². The summed E-state index contributed by atoms with van der Waals surface area (Å²) in [6, 6.07) is 0. The molecular weight excluding hydrogens is 349 g/mol. The van der Waals surface area contributed by atoms with Crippen molar-refractivity contribution in [2.45, 2.75) is 78.6 Å². The first kappa shape index (κ1) is 21.9. The summed E-state index contributed by atoms with van der Waals surface area (Å²) in [4.78, 5) is 0. The first-order valence-electron chi connectivity index (χ1n) is 8.20. The van der Waals surface area contributed by atoms with Crippen LogP contribution in [-0.4, -0.2) is 36.0 Å². The van der Waals surface area contributed by atoms with Crippen LogP contribution in [0.5, 0.6) is 0 Å². The van der Waals surface area contributed by atoms with Crippen molar-refractivity contribution in [1.29, 1.82) is 0 Å². The van der Waals surface area contributed by atoms with Gasteiger partial charge in [0.25, 0.3) is 0 Å². The molecule has 0 aromatic heterocycles. The maximum Gasteiger partial charge on any atom is 0.180 e. The lowest BCUT2D eigenvalue weighted by molar-refractivity contribution is -0.945. The molecule has 1 atom stereocenters. The van der Waals surface area contributed by atoms with Gasteiger partial charge in [-0.15, -0.1) is 0 Å². The minimum absolute atomic E-state index is 0. The van der Waals surface area contributed by atoms with Crippen molar-refractivity contribution in [3.05, 3.63) is 0 Å². The fourth-order valence-corrected chi connectivity index (χ4v) is 2.61. The minimum atomic E-state index is 0. The molecule has 0 heterocycles. The van der Waals surface area contributed by atoms with Gasteiger partial charge in [0.1, 0.15) is 0 Å². The van der Waals surface area contributed by atoms with E-state index in [-0.39, 0.29) is 24.0 Å². The Morgan fingerprint density at radius 1 is 0.632 bits per heavy atom. The number of quaternary nitrogens is 1. The maximum absolute atomic E-state index is 9.83. The highest BCUT2D eigenvalue weighted by atomic mass is 127. The fourth-order valence-electron chi connectivity index (χ4n) is 2.61. The summed E-state index contributed by atoms with van der Waals surface area (Å²) in [7, 11) is 0. The van der Waals surface area contributed by atoms with Gasteiger partial charge in [0.05, 0.1) is 19.6 Å². The van der Waals surface area contributed by atoms with Crippen molar-refractivity contribution in [1.82, 2.24) is 0 Å². The van der Waals surface area contributed by atoms with E-state index in [9.17, 15) is 5.11 Å². The molecule has 0 spiro atoms. The van der Waals surface area contributed by atoms with Crippen molar-refractivity contribution < 1.29 is 33.6 Å². The fraction of sp³-hybridized carbons (Fsp3) is 1.00. The van der Waals surface area contributed by atoms with Gasteiger partial charge in [-0.2, -0.15) is 0 Å². The molecule has 19 heavy (non-hydrogen) atoms. The monoisotopic (exact) mass is 385 g/mol. The van der Waals surface area contributed by atoms with Gasteiger partial charge >= 0.3 is 0 Å². The molecule has 2 nitrogen and oxygen atoms in total. The van der Waals surface area contributed by atoms with Crippen LogP contribution in [0.25, 0.3) is 0 Å². The number of unbranched alkanes of at least 4 members (excludes halogenated alkanes) is 6. The summed E-state index contributed by atoms with van der Waals surface area (Å²) >= 11 is 0. The molecule has 0 aromatic carbocycles. The van der Waals surface area contributed by atoms with E-state index in [2.05, 4.69) is 20.8 Å².